The van der Waals surface area contributed by atoms with Crippen LogP contribution in [-0.2, 0) is 25.7 Å². The molecule has 1 aliphatic heterocycles. The Morgan fingerprint density at radius 3 is 2.32 bits per heavy atom. The highest BCUT2D eigenvalue weighted by Crippen LogP contribution is 2.15. The van der Waals surface area contributed by atoms with Gasteiger partial charge in [-0.1, -0.05) is 48.5 Å². The van der Waals surface area contributed by atoms with Crippen LogP contribution in [0.4, 0.5) is 10.5 Å². The van der Waals surface area contributed by atoms with Crippen LogP contribution in [0.5, 0.6) is 0 Å². The molecule has 1 unspecified atom stereocenters. The molecule has 31 heavy (non-hydrogen) atoms. The standard InChI is InChI=1S/C22H24N4O5/c1-15(24-22(30)31-14-16-8-4-2-5-9-16)21(29)26(17-10-6-3-7-11-17)13-19(27)25-18-12-23-20(18)28/h2-11,15,18H,12-14H2,1H3,(H,23,28)(H,24,30)(H,25,27)/t15-,18?/m1/s1. The summed E-state index contributed by atoms with van der Waals surface area (Å²) in [6.45, 7) is 1.65. The fraction of sp³-hybridized carbons (Fsp3) is 0.273. The Morgan fingerprint density at radius 2 is 1.74 bits per heavy atom. The van der Waals surface area contributed by atoms with Gasteiger partial charge in [-0.3, -0.25) is 14.4 Å². The first-order valence-corrected chi connectivity index (χ1v) is 9.85. The minimum Gasteiger partial charge on any atom is -0.445 e. The average Bonchev–Trinajstić information content (AvgIpc) is 2.79. The number of rotatable bonds is 8. The highest BCUT2D eigenvalue weighted by Gasteiger charge is 2.31. The van der Waals surface area contributed by atoms with Crippen LogP contribution in [0.2, 0.25) is 0 Å². The van der Waals surface area contributed by atoms with Crippen molar-refractivity contribution in [3.63, 3.8) is 0 Å². The maximum absolute atomic E-state index is 13.0. The number of hydrogen-bond acceptors (Lipinski definition) is 5. The van der Waals surface area contributed by atoms with E-state index in [9.17, 15) is 19.2 Å². The van der Waals surface area contributed by atoms with Gasteiger partial charge in [0.2, 0.25) is 17.7 Å². The smallest absolute Gasteiger partial charge is 0.408 e. The van der Waals surface area contributed by atoms with E-state index >= 15 is 0 Å². The Kier molecular flexibility index (Phi) is 7.21. The molecule has 0 aromatic heterocycles. The van der Waals surface area contributed by atoms with Gasteiger partial charge in [-0.15, -0.1) is 0 Å². The number of nitrogens with one attached hydrogen (secondary N) is 3. The largest absolute Gasteiger partial charge is 0.445 e. The summed E-state index contributed by atoms with van der Waals surface area (Å²) in [7, 11) is 0. The van der Waals surface area contributed by atoms with Crippen LogP contribution in [0.1, 0.15) is 12.5 Å². The van der Waals surface area contributed by atoms with Gasteiger partial charge in [0.1, 0.15) is 25.2 Å². The normalized spacial score (nSPS) is 15.6. The molecule has 1 fully saturated rings. The quantitative estimate of drug-likeness (QED) is 0.546. The summed E-state index contributed by atoms with van der Waals surface area (Å²) < 4.78 is 5.16. The summed E-state index contributed by atoms with van der Waals surface area (Å²) in [5, 5.41) is 7.62. The number of carbonyl (C=O) groups excluding carboxylic acids is 4. The van der Waals surface area contributed by atoms with Gasteiger partial charge in [0.05, 0.1) is 0 Å². The molecule has 1 saturated heterocycles. The van der Waals surface area contributed by atoms with Crippen molar-refractivity contribution in [1.29, 1.82) is 0 Å². The Hall–Kier alpha value is -3.88. The van der Waals surface area contributed by atoms with Crippen molar-refractivity contribution < 1.29 is 23.9 Å². The number of alkyl carbamates (subject to hydrolysis) is 1. The molecule has 162 valence electrons. The first-order chi connectivity index (χ1) is 14.9. The van der Waals surface area contributed by atoms with Gasteiger partial charge in [0.15, 0.2) is 0 Å². The third-order valence-electron chi connectivity index (χ3n) is 4.69. The molecule has 9 heteroatoms. The number of carbonyl (C=O) groups is 4. The second kappa shape index (κ2) is 10.2. The Morgan fingerprint density at radius 1 is 1.10 bits per heavy atom. The van der Waals surface area contributed by atoms with Crippen molar-refractivity contribution in [3.8, 4) is 0 Å². The van der Waals surface area contributed by atoms with Gasteiger partial charge < -0.3 is 25.6 Å². The van der Waals surface area contributed by atoms with Crippen LogP contribution in [0.15, 0.2) is 60.7 Å². The lowest BCUT2D eigenvalue weighted by atomic mass is 10.1. The first-order valence-electron chi connectivity index (χ1n) is 9.85. The molecule has 0 aliphatic carbocycles. The first kappa shape index (κ1) is 21.8. The molecular weight excluding hydrogens is 400 g/mol. The van der Waals surface area contributed by atoms with Crippen LogP contribution in [0.25, 0.3) is 0 Å². The molecule has 9 nitrogen and oxygen atoms in total. The summed E-state index contributed by atoms with van der Waals surface area (Å²) in [5.74, 6) is -1.23. The van der Waals surface area contributed by atoms with Crippen LogP contribution in [0.3, 0.4) is 0 Å². The molecular formula is C22H24N4O5. The van der Waals surface area contributed by atoms with Gasteiger partial charge >= 0.3 is 6.09 Å². The summed E-state index contributed by atoms with van der Waals surface area (Å²) in [4.78, 5) is 50.2. The molecule has 0 saturated carbocycles. The van der Waals surface area contributed by atoms with Gasteiger partial charge in [0, 0.05) is 12.2 Å². The van der Waals surface area contributed by atoms with Crippen molar-refractivity contribution >= 4 is 29.5 Å². The number of nitrogens with zero attached hydrogens (tertiary/aromatic N) is 1. The Labute approximate surface area is 179 Å². The number of para-hydroxylation sites is 1. The van der Waals surface area contributed by atoms with E-state index in [4.69, 9.17) is 4.74 Å². The van der Waals surface area contributed by atoms with Crippen molar-refractivity contribution in [2.45, 2.75) is 25.6 Å². The molecule has 3 N–H and O–H groups in total. The third kappa shape index (κ3) is 6.05. The number of β-lactam (4-membered cyclic amide) rings is 1. The van der Waals surface area contributed by atoms with Gasteiger partial charge in [0.25, 0.3) is 0 Å². The number of ether oxygens (including phenoxy) is 1. The molecule has 4 amide bonds. The molecule has 0 radical (unpaired) electrons. The van der Waals surface area contributed by atoms with E-state index in [1.807, 2.05) is 30.3 Å². The van der Waals surface area contributed by atoms with Gasteiger partial charge in [-0.25, -0.2) is 4.79 Å². The van der Waals surface area contributed by atoms with E-state index in [0.717, 1.165) is 5.56 Å². The SMILES string of the molecule is C[C@@H](NC(=O)OCc1ccccc1)C(=O)N(CC(=O)NC1CNC1=O)c1ccccc1. The second-order valence-electron chi connectivity index (χ2n) is 7.05. The van der Waals surface area contributed by atoms with E-state index in [1.165, 1.54) is 11.8 Å². The summed E-state index contributed by atoms with van der Waals surface area (Å²) >= 11 is 0. The van der Waals surface area contributed by atoms with E-state index in [1.54, 1.807) is 30.3 Å². The van der Waals surface area contributed by atoms with E-state index in [2.05, 4.69) is 16.0 Å². The highest BCUT2D eigenvalue weighted by molar-refractivity contribution is 6.03. The predicted octanol–water partition coefficient (Wildman–Crippen LogP) is 0.949. The summed E-state index contributed by atoms with van der Waals surface area (Å²) in [6, 6.07) is 16.2. The van der Waals surface area contributed by atoms with Crippen molar-refractivity contribution in [2.75, 3.05) is 18.0 Å². The molecule has 0 spiro atoms. The monoisotopic (exact) mass is 424 g/mol. The average molecular weight is 424 g/mol. The highest BCUT2D eigenvalue weighted by atomic mass is 16.5. The second-order valence-corrected chi connectivity index (χ2v) is 7.05. The van der Waals surface area contributed by atoms with Gasteiger partial charge in [-0.05, 0) is 24.6 Å². The zero-order chi connectivity index (χ0) is 22.2. The molecule has 1 heterocycles. The molecule has 1 aliphatic rings. The predicted molar refractivity (Wildman–Crippen MR) is 113 cm³/mol. The Bertz CT molecular complexity index is 935. The third-order valence-corrected chi connectivity index (χ3v) is 4.69. The van der Waals surface area contributed by atoms with E-state index in [0.29, 0.717) is 12.2 Å². The number of anilines is 1. The zero-order valence-electron chi connectivity index (χ0n) is 17.0. The van der Waals surface area contributed by atoms with Gasteiger partial charge in [-0.2, -0.15) is 0 Å². The van der Waals surface area contributed by atoms with Crippen LogP contribution < -0.4 is 20.9 Å². The van der Waals surface area contributed by atoms with E-state index in [-0.39, 0.29) is 19.1 Å². The van der Waals surface area contributed by atoms with Crippen molar-refractivity contribution in [1.82, 2.24) is 16.0 Å². The molecule has 2 aromatic carbocycles. The topological polar surface area (TPSA) is 117 Å². The molecule has 2 atom stereocenters. The number of benzene rings is 2. The fourth-order valence-corrected chi connectivity index (χ4v) is 2.93. The summed E-state index contributed by atoms with van der Waals surface area (Å²) in [6.07, 6.45) is -0.742. The lowest BCUT2D eigenvalue weighted by Gasteiger charge is -2.29. The molecule has 2 aromatic rings. The Balaban J connectivity index is 1.60. The van der Waals surface area contributed by atoms with Crippen LogP contribution in [-0.4, -0.2) is 49.0 Å². The lowest BCUT2D eigenvalue weighted by molar-refractivity contribution is -0.133. The number of hydrogen-bond donors (Lipinski definition) is 3. The van der Waals surface area contributed by atoms with E-state index < -0.39 is 30.0 Å². The maximum Gasteiger partial charge on any atom is 0.408 e. The minimum atomic E-state index is -0.941. The maximum atomic E-state index is 13.0. The van der Waals surface area contributed by atoms with Crippen LogP contribution >= 0.6 is 0 Å². The molecule has 3 rings (SSSR count). The zero-order valence-corrected chi connectivity index (χ0v) is 17.0. The number of amides is 4. The molecule has 0 bridgehead atoms. The minimum absolute atomic E-state index is 0.0713. The van der Waals surface area contributed by atoms with Crippen molar-refractivity contribution in [2.24, 2.45) is 0 Å². The fourth-order valence-electron chi connectivity index (χ4n) is 2.93. The van der Waals surface area contributed by atoms with Crippen LogP contribution in [0, 0.1) is 0 Å². The lowest BCUT2D eigenvalue weighted by Crippen LogP contribution is -2.63. The van der Waals surface area contributed by atoms with Crippen molar-refractivity contribution in [3.05, 3.63) is 66.2 Å². The summed E-state index contributed by atoms with van der Waals surface area (Å²) in [5.41, 5.74) is 1.31.